The number of hydrogen-bond donors (Lipinski definition) is 4. The number of carbonyl (C=O) groups excluding carboxylic acids is 2. The fourth-order valence-corrected chi connectivity index (χ4v) is 12.2. The van der Waals surface area contributed by atoms with Gasteiger partial charge < -0.3 is 40.1 Å². The number of carboxylic acids is 2. The highest BCUT2D eigenvalue weighted by atomic mass is 32.2. The number of hydrogen-bond acceptors (Lipinski definition) is 14. The number of sulfonamides is 2. The molecule has 0 radical (unpaired) electrons. The number of thiazole rings is 1. The number of amides is 2. The summed E-state index contributed by atoms with van der Waals surface area (Å²) in [6, 6.07) is 16.3. The third kappa shape index (κ3) is 16.0. The highest BCUT2D eigenvalue weighted by Crippen LogP contribution is 2.29. The molecular weight excluding hydrogens is 963 g/mol. The van der Waals surface area contributed by atoms with E-state index in [1.165, 1.54) is 22.6 Å². The molecule has 2 saturated heterocycles. The molecule has 0 spiro atoms. The minimum atomic E-state index is -3.91. The molecule has 19 nitrogen and oxygen atoms in total. The summed E-state index contributed by atoms with van der Waals surface area (Å²) in [4.78, 5) is 57.9. The van der Waals surface area contributed by atoms with E-state index in [-0.39, 0.29) is 35.2 Å². The van der Waals surface area contributed by atoms with Crippen molar-refractivity contribution < 1.29 is 55.7 Å². The number of carboxylic acid groups (broad SMARTS) is 2. The summed E-state index contributed by atoms with van der Waals surface area (Å²) < 4.78 is 65.7. The van der Waals surface area contributed by atoms with Gasteiger partial charge in [0.2, 0.25) is 26.2 Å². The van der Waals surface area contributed by atoms with Crippen molar-refractivity contribution in [2.45, 2.75) is 91.7 Å². The van der Waals surface area contributed by atoms with E-state index < -0.39 is 68.0 Å². The zero-order valence-electron chi connectivity index (χ0n) is 40.2. The normalized spacial score (nSPS) is 17.4. The molecule has 2 fully saturated rings. The van der Waals surface area contributed by atoms with Gasteiger partial charge in [0, 0.05) is 50.6 Å². The van der Waals surface area contributed by atoms with Crippen LogP contribution in [-0.2, 0) is 52.1 Å². The van der Waals surface area contributed by atoms with Crippen molar-refractivity contribution in [1.29, 1.82) is 0 Å². The van der Waals surface area contributed by atoms with E-state index in [1.807, 2.05) is 35.1 Å². The fourth-order valence-electron chi connectivity index (χ4n) is 7.90. The van der Waals surface area contributed by atoms with Gasteiger partial charge in [-0.15, -0.1) is 11.3 Å². The predicted octanol–water partition coefficient (Wildman–Crippen LogP) is 3.73. The van der Waals surface area contributed by atoms with Crippen LogP contribution >= 0.6 is 11.3 Å². The Morgan fingerprint density at radius 3 is 1.73 bits per heavy atom. The molecule has 382 valence electrons. The van der Waals surface area contributed by atoms with E-state index in [9.17, 15) is 46.2 Å². The number of carbonyl (C=O) groups is 4. The van der Waals surface area contributed by atoms with E-state index in [1.54, 1.807) is 66.0 Å². The Morgan fingerprint density at radius 2 is 1.23 bits per heavy atom. The van der Waals surface area contributed by atoms with Crippen LogP contribution in [-0.4, -0.2) is 166 Å². The molecule has 4 N–H and O–H groups in total. The fraction of sp³-hybridized carbons (Fsp3) is 0.479. The summed E-state index contributed by atoms with van der Waals surface area (Å²) in [7, 11) is 0.183. The van der Waals surface area contributed by atoms with Gasteiger partial charge in [0.05, 0.1) is 18.1 Å². The van der Waals surface area contributed by atoms with Gasteiger partial charge in [-0.2, -0.15) is 8.61 Å². The minimum Gasteiger partial charge on any atom is -0.494 e. The van der Waals surface area contributed by atoms with Crippen molar-refractivity contribution in [3.8, 4) is 11.5 Å². The van der Waals surface area contributed by atoms with Crippen LogP contribution < -0.4 is 20.1 Å². The molecule has 2 aliphatic rings. The SMILES string of the molecule is CN(C)CCCOc1ccc(C[C@H](NC(=O)[C@@H]2CCCN2S(=O)(=O)c2nccs2)C(=O)O)cc1.Cc1ccc(S(=O)(=O)N2CCC[C@H]2C(=O)N[C@@H](Cc2cccc(OCCCN(C)C)c2)C(=O)O)cc1. The van der Waals surface area contributed by atoms with Crippen molar-refractivity contribution >= 4 is 55.1 Å². The van der Waals surface area contributed by atoms with Gasteiger partial charge in [0.15, 0.2) is 0 Å². The zero-order chi connectivity index (χ0) is 51.0. The second kappa shape index (κ2) is 26.1. The van der Waals surface area contributed by atoms with E-state index in [0.717, 1.165) is 47.1 Å². The molecule has 6 rings (SSSR count). The van der Waals surface area contributed by atoms with Crippen LogP contribution in [0.2, 0.25) is 0 Å². The lowest BCUT2D eigenvalue weighted by molar-refractivity contribution is -0.142. The molecule has 4 atom stereocenters. The Bertz CT molecular complexity index is 2560. The van der Waals surface area contributed by atoms with Crippen LogP contribution in [0, 0.1) is 6.92 Å². The number of nitrogens with one attached hydrogen (secondary N) is 2. The average Bonchev–Trinajstić information content (AvgIpc) is 4.14. The van der Waals surface area contributed by atoms with Crippen molar-refractivity contribution in [2.24, 2.45) is 0 Å². The maximum absolute atomic E-state index is 13.2. The van der Waals surface area contributed by atoms with Crippen LogP contribution in [0.5, 0.6) is 11.5 Å². The van der Waals surface area contributed by atoms with E-state index in [2.05, 4.69) is 25.4 Å². The molecule has 70 heavy (non-hydrogen) atoms. The van der Waals surface area contributed by atoms with Crippen molar-refractivity contribution in [1.82, 2.24) is 34.0 Å². The molecule has 3 aromatic carbocycles. The second-order valence-electron chi connectivity index (χ2n) is 17.7. The van der Waals surface area contributed by atoms with Crippen LogP contribution in [0.3, 0.4) is 0 Å². The zero-order valence-corrected chi connectivity index (χ0v) is 42.7. The molecule has 0 unspecified atom stereocenters. The molecule has 0 aliphatic carbocycles. The Morgan fingerprint density at radius 1 is 0.714 bits per heavy atom. The maximum Gasteiger partial charge on any atom is 0.326 e. The largest absolute Gasteiger partial charge is 0.494 e. The molecule has 0 saturated carbocycles. The second-order valence-corrected chi connectivity index (χ2v) is 22.5. The van der Waals surface area contributed by atoms with Gasteiger partial charge in [0.25, 0.3) is 10.0 Å². The number of aryl methyl sites for hydroxylation is 1. The predicted molar refractivity (Wildman–Crippen MR) is 264 cm³/mol. The third-order valence-corrected chi connectivity index (χ3v) is 16.6. The third-order valence-electron chi connectivity index (χ3n) is 11.5. The van der Waals surface area contributed by atoms with Crippen molar-refractivity contribution in [3.63, 3.8) is 0 Å². The molecule has 4 aromatic rings. The number of nitrogens with zero attached hydrogens (tertiary/aromatic N) is 5. The highest BCUT2D eigenvalue weighted by Gasteiger charge is 2.42. The van der Waals surface area contributed by atoms with Crippen LogP contribution in [0.15, 0.2) is 93.6 Å². The lowest BCUT2D eigenvalue weighted by atomic mass is 10.0. The molecule has 3 heterocycles. The number of rotatable bonds is 24. The van der Waals surface area contributed by atoms with E-state index >= 15 is 0 Å². The van der Waals surface area contributed by atoms with Gasteiger partial charge in [-0.05, 0) is 121 Å². The molecule has 2 amide bonds. The van der Waals surface area contributed by atoms with Crippen molar-refractivity contribution in [3.05, 3.63) is 101 Å². The number of benzene rings is 3. The van der Waals surface area contributed by atoms with Gasteiger partial charge in [0.1, 0.15) is 35.7 Å². The van der Waals surface area contributed by atoms with Crippen molar-refractivity contribution in [2.75, 3.05) is 67.6 Å². The highest BCUT2D eigenvalue weighted by molar-refractivity contribution is 7.91. The summed E-state index contributed by atoms with van der Waals surface area (Å²) in [6.45, 7) is 5.18. The first-order valence-corrected chi connectivity index (χ1v) is 26.8. The number of aliphatic carboxylic acids is 2. The standard InChI is InChI=1S/C26H35N3O6S.C22H30N4O6S2/c1-19-10-12-22(13-11-19)36(33,34)29-15-5-9-24(29)25(30)27-23(26(31)32)18-20-7-4-8-21(17-20)35-16-6-14-28(2)3;1-25(2)11-4-13-32-17-8-6-16(7-9-17)15-18(21(28)29)24-20(27)19-5-3-12-26(19)34(30,31)22-23-10-14-33-22/h4,7-8,10-13,17,23-24H,5-6,9,14-16,18H2,1-3H3,(H,27,30)(H,31,32);6-10,14,18-19H,3-5,11-13,15H2,1-2H3,(H,24,27)(H,28,29)/t23-,24-;18-,19-/m00/s1. The summed E-state index contributed by atoms with van der Waals surface area (Å²) in [5, 5.41) is 26.1. The summed E-state index contributed by atoms with van der Waals surface area (Å²) in [5.74, 6) is -2.28. The van der Waals surface area contributed by atoms with Crippen LogP contribution in [0.25, 0.3) is 0 Å². The smallest absolute Gasteiger partial charge is 0.326 e. The molecule has 2 aliphatic heterocycles. The molecule has 0 bridgehead atoms. The lowest BCUT2D eigenvalue weighted by Crippen LogP contribution is -2.51. The van der Waals surface area contributed by atoms with Gasteiger partial charge in [-0.1, -0.05) is 42.0 Å². The Balaban J connectivity index is 0.000000261. The number of aromatic nitrogens is 1. The number of ether oxygens (including phenoxy) is 2. The van der Waals surface area contributed by atoms with E-state index in [4.69, 9.17) is 9.47 Å². The van der Waals surface area contributed by atoms with Crippen LogP contribution in [0.4, 0.5) is 0 Å². The molecular formula is C48H65N7O12S3. The van der Waals surface area contributed by atoms with Gasteiger partial charge >= 0.3 is 11.9 Å². The Kier molecular flexibility index (Phi) is 20.7. The molecule has 1 aromatic heterocycles. The maximum atomic E-state index is 13.2. The summed E-state index contributed by atoms with van der Waals surface area (Å²) in [6.07, 6.45) is 4.93. The Labute approximate surface area is 414 Å². The quantitative estimate of drug-likeness (QED) is 0.0731. The monoisotopic (exact) mass is 1030 g/mol. The van der Waals surface area contributed by atoms with Gasteiger partial charge in [-0.25, -0.2) is 31.4 Å². The average molecular weight is 1030 g/mol. The van der Waals surface area contributed by atoms with E-state index in [0.29, 0.717) is 61.5 Å². The molecule has 22 heteroatoms. The Hall–Kier alpha value is -5.49. The first-order chi connectivity index (χ1) is 33.3. The lowest BCUT2D eigenvalue weighted by Gasteiger charge is -2.25. The van der Waals surface area contributed by atoms with Crippen LogP contribution in [0.1, 0.15) is 55.2 Å². The first kappa shape index (κ1) is 55.4. The summed E-state index contributed by atoms with van der Waals surface area (Å²) >= 11 is 0.980. The summed E-state index contributed by atoms with van der Waals surface area (Å²) in [5.41, 5.74) is 2.34. The first-order valence-electron chi connectivity index (χ1n) is 23.1. The van der Waals surface area contributed by atoms with Gasteiger partial charge in [-0.3, -0.25) is 9.59 Å². The minimum absolute atomic E-state index is 0.0490. The topological polar surface area (TPSA) is 245 Å².